The van der Waals surface area contributed by atoms with E-state index in [1.165, 1.54) is 42.4 Å². The van der Waals surface area contributed by atoms with Crippen LogP contribution in [-0.2, 0) is 6.42 Å². The highest BCUT2D eigenvalue weighted by molar-refractivity contribution is 5.50. The van der Waals surface area contributed by atoms with Crippen molar-refractivity contribution in [1.82, 2.24) is 0 Å². The van der Waals surface area contributed by atoms with E-state index in [0.29, 0.717) is 5.41 Å². The first-order valence-corrected chi connectivity index (χ1v) is 7.87. The summed E-state index contributed by atoms with van der Waals surface area (Å²) in [6.45, 7) is 6.88. The van der Waals surface area contributed by atoms with Crippen molar-refractivity contribution in [3.8, 4) is 5.75 Å². The minimum absolute atomic E-state index is 0.492. The van der Waals surface area contributed by atoms with Crippen LogP contribution in [0, 0.1) is 11.3 Å². The van der Waals surface area contributed by atoms with Gasteiger partial charge in [0.2, 0.25) is 0 Å². The van der Waals surface area contributed by atoms with Crippen LogP contribution in [0.4, 0.5) is 0 Å². The molecule has 1 saturated carbocycles. The minimum atomic E-state index is 0.492. The Morgan fingerprint density at radius 3 is 2.90 bits per heavy atom. The number of methoxy groups -OCH3 is 1. The van der Waals surface area contributed by atoms with E-state index in [1.807, 2.05) is 7.11 Å². The highest BCUT2D eigenvalue weighted by atomic mass is 16.5. The van der Waals surface area contributed by atoms with Gasteiger partial charge in [0.15, 0.2) is 0 Å². The van der Waals surface area contributed by atoms with Crippen LogP contribution in [-0.4, -0.2) is 7.11 Å². The maximum atomic E-state index is 5.63. The second kappa shape index (κ2) is 4.95. The fourth-order valence-corrected chi connectivity index (χ4v) is 4.35. The lowest BCUT2D eigenvalue weighted by molar-refractivity contribution is 0.404. The van der Waals surface area contributed by atoms with Gasteiger partial charge < -0.3 is 4.74 Å². The van der Waals surface area contributed by atoms with Crippen molar-refractivity contribution in [3.05, 3.63) is 41.0 Å². The third kappa shape index (κ3) is 2.08. The maximum absolute atomic E-state index is 5.63. The standard InChI is InChI=1S/C19H26O/c1-13(2)7-6-12-19(3)15-11-10-14-8-5-9-16(20-4)17(14)18(15)19/h5,7-9,15,18H,6,10-12H2,1-4H3/t15-,18-,19+/m0/s1. The lowest BCUT2D eigenvalue weighted by Crippen LogP contribution is -2.03. The van der Waals surface area contributed by atoms with E-state index in [1.54, 1.807) is 0 Å². The lowest BCUT2D eigenvalue weighted by atomic mass is 9.90. The number of ether oxygens (including phenoxy) is 1. The molecule has 0 aromatic heterocycles. The number of fused-ring (bicyclic) bond motifs is 3. The Labute approximate surface area is 123 Å². The highest BCUT2D eigenvalue weighted by Gasteiger charge is 2.62. The first-order valence-electron chi connectivity index (χ1n) is 7.87. The predicted molar refractivity (Wildman–Crippen MR) is 84.3 cm³/mol. The second-order valence-corrected chi connectivity index (χ2v) is 6.98. The zero-order valence-corrected chi connectivity index (χ0v) is 13.2. The zero-order valence-electron chi connectivity index (χ0n) is 13.2. The van der Waals surface area contributed by atoms with Gasteiger partial charge >= 0.3 is 0 Å². The summed E-state index contributed by atoms with van der Waals surface area (Å²) < 4.78 is 5.63. The average molecular weight is 270 g/mol. The van der Waals surface area contributed by atoms with Crippen molar-refractivity contribution in [2.24, 2.45) is 11.3 Å². The van der Waals surface area contributed by atoms with Gasteiger partial charge in [-0.2, -0.15) is 0 Å². The summed E-state index contributed by atoms with van der Waals surface area (Å²) in [7, 11) is 1.81. The van der Waals surface area contributed by atoms with Crippen molar-refractivity contribution in [2.45, 2.75) is 52.4 Å². The van der Waals surface area contributed by atoms with E-state index in [4.69, 9.17) is 4.74 Å². The number of hydrogen-bond acceptors (Lipinski definition) is 1. The van der Waals surface area contributed by atoms with E-state index in [-0.39, 0.29) is 0 Å². The van der Waals surface area contributed by atoms with Crippen LogP contribution in [0.5, 0.6) is 5.75 Å². The molecule has 2 aliphatic rings. The Morgan fingerprint density at radius 1 is 1.40 bits per heavy atom. The van der Waals surface area contributed by atoms with Gasteiger partial charge in [-0.15, -0.1) is 0 Å². The largest absolute Gasteiger partial charge is 0.496 e. The number of allylic oxidation sites excluding steroid dienone is 2. The van der Waals surface area contributed by atoms with E-state index in [2.05, 4.69) is 45.0 Å². The molecule has 0 N–H and O–H groups in total. The van der Waals surface area contributed by atoms with Crippen LogP contribution in [0.15, 0.2) is 29.8 Å². The monoisotopic (exact) mass is 270 g/mol. The molecule has 0 aliphatic heterocycles. The molecule has 3 atom stereocenters. The van der Waals surface area contributed by atoms with Gasteiger partial charge in [-0.3, -0.25) is 0 Å². The minimum Gasteiger partial charge on any atom is -0.496 e. The Balaban J connectivity index is 1.85. The van der Waals surface area contributed by atoms with Gasteiger partial charge in [-0.1, -0.05) is 30.7 Å². The Bertz CT molecular complexity index is 524. The number of aryl methyl sites for hydroxylation is 1. The second-order valence-electron chi connectivity index (χ2n) is 6.98. The van der Waals surface area contributed by atoms with Crippen LogP contribution in [0.3, 0.4) is 0 Å². The summed E-state index contributed by atoms with van der Waals surface area (Å²) in [5.74, 6) is 2.72. The van der Waals surface area contributed by atoms with Gasteiger partial charge in [-0.05, 0) is 68.4 Å². The molecule has 2 aliphatic carbocycles. The van der Waals surface area contributed by atoms with Gasteiger partial charge in [0.1, 0.15) is 5.75 Å². The quantitative estimate of drug-likeness (QED) is 0.691. The molecule has 1 heteroatoms. The molecule has 0 radical (unpaired) electrons. The Kier molecular flexibility index (Phi) is 3.40. The highest BCUT2D eigenvalue weighted by Crippen LogP contribution is 2.72. The van der Waals surface area contributed by atoms with Gasteiger partial charge in [0.25, 0.3) is 0 Å². The summed E-state index contributed by atoms with van der Waals surface area (Å²) in [5, 5.41) is 0. The molecule has 1 nitrogen and oxygen atoms in total. The maximum Gasteiger partial charge on any atom is 0.122 e. The van der Waals surface area contributed by atoms with Crippen molar-refractivity contribution in [3.63, 3.8) is 0 Å². The van der Waals surface area contributed by atoms with Crippen LogP contribution in [0.25, 0.3) is 0 Å². The van der Waals surface area contributed by atoms with Crippen LogP contribution in [0.1, 0.15) is 57.1 Å². The molecule has 3 rings (SSSR count). The molecule has 0 saturated heterocycles. The van der Waals surface area contributed by atoms with Crippen molar-refractivity contribution < 1.29 is 4.74 Å². The van der Waals surface area contributed by atoms with Gasteiger partial charge in [0.05, 0.1) is 7.11 Å². The van der Waals surface area contributed by atoms with Gasteiger partial charge in [0, 0.05) is 5.56 Å². The molecule has 1 fully saturated rings. The fourth-order valence-electron chi connectivity index (χ4n) is 4.35. The van der Waals surface area contributed by atoms with Crippen molar-refractivity contribution in [1.29, 1.82) is 0 Å². The van der Waals surface area contributed by atoms with Crippen LogP contribution in [0.2, 0.25) is 0 Å². The number of hydrogen-bond donors (Lipinski definition) is 0. The molecule has 0 unspecified atom stereocenters. The van der Waals surface area contributed by atoms with Crippen molar-refractivity contribution >= 4 is 0 Å². The fraction of sp³-hybridized carbons (Fsp3) is 0.579. The number of rotatable bonds is 4. The van der Waals surface area contributed by atoms with E-state index in [9.17, 15) is 0 Å². The summed E-state index contributed by atoms with van der Waals surface area (Å²) in [5.41, 5.74) is 4.98. The van der Waals surface area contributed by atoms with E-state index in [0.717, 1.165) is 17.6 Å². The average Bonchev–Trinajstić information content (AvgIpc) is 3.03. The predicted octanol–water partition coefficient (Wildman–Crippen LogP) is 5.11. The zero-order chi connectivity index (χ0) is 14.3. The molecule has 108 valence electrons. The third-order valence-electron chi connectivity index (χ3n) is 5.50. The van der Waals surface area contributed by atoms with E-state index >= 15 is 0 Å². The van der Waals surface area contributed by atoms with Crippen LogP contribution < -0.4 is 4.74 Å². The summed E-state index contributed by atoms with van der Waals surface area (Å²) in [6, 6.07) is 6.57. The molecule has 1 aromatic carbocycles. The first-order chi connectivity index (χ1) is 9.58. The SMILES string of the molecule is COc1cccc2c1[C@@H]1[C@H](CC2)[C@@]1(C)CCC=C(C)C. The summed E-state index contributed by atoms with van der Waals surface area (Å²) in [6.07, 6.45) is 7.50. The van der Waals surface area contributed by atoms with E-state index < -0.39 is 0 Å². The molecule has 1 aromatic rings. The smallest absolute Gasteiger partial charge is 0.122 e. The third-order valence-corrected chi connectivity index (χ3v) is 5.50. The molecular formula is C19H26O. The topological polar surface area (TPSA) is 9.23 Å². The molecule has 0 spiro atoms. The number of benzene rings is 1. The molecule has 20 heavy (non-hydrogen) atoms. The lowest BCUT2D eigenvalue weighted by Gasteiger charge is -2.18. The Morgan fingerprint density at radius 2 is 2.20 bits per heavy atom. The Hall–Kier alpha value is -1.24. The molecule has 0 amide bonds. The normalized spacial score (nSPS) is 30.2. The van der Waals surface area contributed by atoms with Crippen molar-refractivity contribution in [2.75, 3.05) is 7.11 Å². The first kappa shape index (κ1) is 13.7. The van der Waals surface area contributed by atoms with Gasteiger partial charge in [-0.25, -0.2) is 0 Å². The molecule has 0 heterocycles. The summed E-state index contributed by atoms with van der Waals surface area (Å²) in [4.78, 5) is 0. The molecular weight excluding hydrogens is 244 g/mol. The summed E-state index contributed by atoms with van der Waals surface area (Å²) >= 11 is 0. The molecule has 0 bridgehead atoms. The van der Waals surface area contributed by atoms with Crippen LogP contribution >= 0.6 is 0 Å².